The van der Waals surface area contributed by atoms with Crippen molar-refractivity contribution in [1.29, 1.82) is 0 Å². The van der Waals surface area contributed by atoms with Crippen LogP contribution in [-0.2, 0) is 4.79 Å². The number of aromatic nitrogens is 3. The summed E-state index contributed by atoms with van der Waals surface area (Å²) in [5, 5.41) is 10.3. The zero-order valence-electron chi connectivity index (χ0n) is 15.2. The van der Waals surface area contributed by atoms with Gasteiger partial charge in [-0.1, -0.05) is 12.1 Å². The lowest BCUT2D eigenvalue weighted by molar-refractivity contribution is -0.113. The van der Waals surface area contributed by atoms with Gasteiger partial charge in [0, 0.05) is 5.70 Å². The molecule has 1 aromatic carbocycles. The number of amides is 1. The van der Waals surface area contributed by atoms with E-state index in [1.807, 2.05) is 38.1 Å². The summed E-state index contributed by atoms with van der Waals surface area (Å²) in [7, 11) is 1.56. The van der Waals surface area contributed by atoms with Gasteiger partial charge in [-0.15, -0.1) is 0 Å². The smallest absolute Gasteiger partial charge is 0.256 e. The van der Waals surface area contributed by atoms with Crippen molar-refractivity contribution in [2.45, 2.75) is 19.9 Å². The van der Waals surface area contributed by atoms with Crippen LogP contribution in [0.2, 0.25) is 0 Å². The molecule has 138 valence electrons. The van der Waals surface area contributed by atoms with Gasteiger partial charge in [0.15, 0.2) is 0 Å². The van der Waals surface area contributed by atoms with Crippen LogP contribution in [0.25, 0.3) is 0 Å². The number of aryl methyl sites for hydroxylation is 1. The Kier molecular flexibility index (Phi) is 4.15. The lowest BCUT2D eigenvalue weighted by Gasteiger charge is -2.27. The van der Waals surface area contributed by atoms with E-state index in [2.05, 4.69) is 20.7 Å². The number of hydrogen-bond acceptors (Lipinski definition) is 6. The number of fused-ring (bicyclic) bond motifs is 1. The molecule has 0 aliphatic carbocycles. The summed E-state index contributed by atoms with van der Waals surface area (Å²) < 4.78 is 12.8. The highest BCUT2D eigenvalue weighted by molar-refractivity contribution is 6.06. The minimum atomic E-state index is -0.521. The highest BCUT2D eigenvalue weighted by Crippen LogP contribution is 2.36. The van der Waals surface area contributed by atoms with Gasteiger partial charge in [0.1, 0.15) is 29.6 Å². The van der Waals surface area contributed by atoms with Crippen LogP contribution in [0.4, 0.5) is 11.6 Å². The van der Waals surface area contributed by atoms with E-state index in [4.69, 9.17) is 9.15 Å². The lowest BCUT2D eigenvalue weighted by atomic mass is 10.00. The van der Waals surface area contributed by atoms with Crippen LogP contribution >= 0.6 is 0 Å². The lowest BCUT2D eigenvalue weighted by Crippen LogP contribution is -2.31. The second-order valence-corrected chi connectivity index (χ2v) is 6.20. The molecule has 0 unspecified atom stereocenters. The number of rotatable bonds is 4. The third-order valence-corrected chi connectivity index (χ3v) is 4.42. The van der Waals surface area contributed by atoms with Crippen molar-refractivity contribution in [2.75, 3.05) is 17.7 Å². The SMILES string of the molecule is COc1ccccc1NC(=O)C1=C(C)Nc2ncnn2[C@@H]1c1ccc(C)o1. The average molecular weight is 365 g/mol. The molecule has 8 heteroatoms. The maximum absolute atomic E-state index is 13.2. The highest BCUT2D eigenvalue weighted by Gasteiger charge is 2.35. The topological polar surface area (TPSA) is 94.2 Å². The minimum absolute atomic E-state index is 0.273. The summed E-state index contributed by atoms with van der Waals surface area (Å²) in [6.07, 6.45) is 1.44. The number of benzene rings is 1. The number of para-hydroxylation sites is 2. The van der Waals surface area contributed by atoms with Crippen LogP contribution < -0.4 is 15.4 Å². The van der Waals surface area contributed by atoms with E-state index in [0.717, 1.165) is 5.76 Å². The second kappa shape index (κ2) is 6.64. The summed E-state index contributed by atoms with van der Waals surface area (Å²) >= 11 is 0. The standard InChI is InChI=1S/C19H19N5O3/c1-11-8-9-15(27-11)17-16(12(2)22-19-20-10-21-24(17)19)18(25)23-13-6-4-5-7-14(13)26-3/h4-10,17H,1-3H3,(H,23,25)(H,20,21,22)/t17-/m1/s1. The molecular weight excluding hydrogens is 346 g/mol. The molecule has 0 bridgehead atoms. The summed E-state index contributed by atoms with van der Waals surface area (Å²) in [5.74, 6) is 2.24. The molecule has 0 saturated carbocycles. The minimum Gasteiger partial charge on any atom is -0.495 e. The second-order valence-electron chi connectivity index (χ2n) is 6.20. The maximum Gasteiger partial charge on any atom is 0.256 e. The van der Waals surface area contributed by atoms with E-state index in [-0.39, 0.29) is 5.91 Å². The number of allylic oxidation sites excluding steroid dienone is 1. The Bertz CT molecular complexity index is 1030. The molecule has 27 heavy (non-hydrogen) atoms. The van der Waals surface area contributed by atoms with Gasteiger partial charge in [0.2, 0.25) is 5.95 Å². The predicted molar refractivity (Wildman–Crippen MR) is 99.6 cm³/mol. The van der Waals surface area contributed by atoms with Gasteiger partial charge < -0.3 is 19.8 Å². The quantitative estimate of drug-likeness (QED) is 0.738. The van der Waals surface area contributed by atoms with Gasteiger partial charge >= 0.3 is 0 Å². The number of nitrogens with one attached hydrogen (secondary N) is 2. The first kappa shape index (κ1) is 16.9. The molecule has 0 fully saturated rings. The van der Waals surface area contributed by atoms with Crippen molar-refractivity contribution < 1.29 is 13.9 Å². The molecule has 2 aromatic heterocycles. The Morgan fingerprint density at radius 1 is 1.26 bits per heavy atom. The number of nitrogens with zero attached hydrogens (tertiary/aromatic N) is 3. The van der Waals surface area contributed by atoms with Crippen LogP contribution in [-0.4, -0.2) is 27.8 Å². The van der Waals surface area contributed by atoms with Gasteiger partial charge in [-0.2, -0.15) is 10.1 Å². The molecule has 2 N–H and O–H groups in total. The fourth-order valence-corrected chi connectivity index (χ4v) is 3.19. The average Bonchev–Trinajstić information content (AvgIpc) is 3.29. The number of anilines is 2. The Morgan fingerprint density at radius 2 is 2.07 bits per heavy atom. The number of ether oxygens (including phenoxy) is 1. The monoisotopic (exact) mass is 365 g/mol. The molecule has 3 heterocycles. The van der Waals surface area contributed by atoms with E-state index < -0.39 is 6.04 Å². The molecule has 0 spiro atoms. The van der Waals surface area contributed by atoms with Crippen molar-refractivity contribution in [3.05, 3.63) is 65.5 Å². The number of furan rings is 1. The Hall–Kier alpha value is -3.55. The summed E-state index contributed by atoms with van der Waals surface area (Å²) in [6, 6.07) is 10.4. The fraction of sp³-hybridized carbons (Fsp3) is 0.211. The Morgan fingerprint density at radius 3 is 2.81 bits per heavy atom. The van der Waals surface area contributed by atoms with E-state index in [9.17, 15) is 4.79 Å². The van der Waals surface area contributed by atoms with Gasteiger partial charge in [0.05, 0.1) is 18.4 Å². The first-order chi connectivity index (χ1) is 13.1. The molecule has 0 saturated heterocycles. The van der Waals surface area contributed by atoms with Crippen LogP contribution in [0.3, 0.4) is 0 Å². The van der Waals surface area contributed by atoms with Crippen molar-refractivity contribution >= 4 is 17.5 Å². The van der Waals surface area contributed by atoms with Crippen molar-refractivity contribution in [1.82, 2.24) is 14.8 Å². The molecular formula is C19H19N5O3. The summed E-state index contributed by atoms with van der Waals surface area (Å²) in [5.41, 5.74) is 1.76. The number of methoxy groups -OCH3 is 1. The Balaban J connectivity index is 1.75. The fourth-order valence-electron chi connectivity index (χ4n) is 3.19. The van der Waals surface area contributed by atoms with Gasteiger partial charge in [-0.25, -0.2) is 4.68 Å². The van der Waals surface area contributed by atoms with E-state index in [0.29, 0.717) is 34.4 Å². The molecule has 1 aliphatic rings. The van der Waals surface area contributed by atoms with Crippen LogP contribution in [0.5, 0.6) is 5.75 Å². The molecule has 8 nitrogen and oxygen atoms in total. The van der Waals surface area contributed by atoms with Crippen LogP contribution in [0, 0.1) is 6.92 Å². The van der Waals surface area contributed by atoms with Crippen LogP contribution in [0.15, 0.2) is 58.4 Å². The van der Waals surface area contributed by atoms with Gasteiger partial charge in [0.25, 0.3) is 5.91 Å². The van der Waals surface area contributed by atoms with E-state index >= 15 is 0 Å². The molecule has 0 radical (unpaired) electrons. The van der Waals surface area contributed by atoms with E-state index in [1.54, 1.807) is 23.9 Å². The molecule has 4 rings (SSSR count). The zero-order chi connectivity index (χ0) is 19.0. The largest absolute Gasteiger partial charge is 0.495 e. The van der Waals surface area contributed by atoms with Crippen molar-refractivity contribution in [2.24, 2.45) is 0 Å². The maximum atomic E-state index is 13.2. The third-order valence-electron chi connectivity index (χ3n) is 4.42. The Labute approximate surface area is 155 Å². The molecule has 1 amide bonds. The summed E-state index contributed by atoms with van der Waals surface area (Å²) in [4.78, 5) is 17.4. The van der Waals surface area contributed by atoms with Crippen LogP contribution in [0.1, 0.15) is 24.5 Å². The number of hydrogen-bond donors (Lipinski definition) is 2. The third kappa shape index (κ3) is 2.95. The normalized spacial score (nSPS) is 15.9. The number of carbonyl (C=O) groups is 1. The predicted octanol–water partition coefficient (Wildman–Crippen LogP) is 3.12. The zero-order valence-corrected chi connectivity index (χ0v) is 15.2. The first-order valence-electron chi connectivity index (χ1n) is 8.46. The highest BCUT2D eigenvalue weighted by atomic mass is 16.5. The number of carbonyl (C=O) groups excluding carboxylic acids is 1. The van der Waals surface area contributed by atoms with Gasteiger partial charge in [-0.05, 0) is 38.1 Å². The summed E-state index contributed by atoms with van der Waals surface area (Å²) in [6.45, 7) is 3.69. The molecule has 1 atom stereocenters. The van der Waals surface area contributed by atoms with E-state index in [1.165, 1.54) is 6.33 Å². The molecule has 1 aliphatic heterocycles. The van der Waals surface area contributed by atoms with Gasteiger partial charge in [-0.3, -0.25) is 4.79 Å². The van der Waals surface area contributed by atoms with Crippen molar-refractivity contribution in [3.8, 4) is 5.75 Å². The molecule has 3 aromatic rings. The van der Waals surface area contributed by atoms with Crippen molar-refractivity contribution in [3.63, 3.8) is 0 Å². The first-order valence-corrected chi connectivity index (χ1v) is 8.46.